The van der Waals surface area contributed by atoms with Gasteiger partial charge in [0.25, 0.3) is 0 Å². The van der Waals surface area contributed by atoms with Gasteiger partial charge in [-0.05, 0) is 81.3 Å². The third-order valence-corrected chi connectivity index (χ3v) is 8.33. The molecule has 33 heavy (non-hydrogen) atoms. The quantitative estimate of drug-likeness (QED) is 0.421. The number of aromatic nitrogens is 2. The Morgan fingerprint density at radius 1 is 1.00 bits per heavy atom. The molecule has 0 N–H and O–H groups in total. The van der Waals surface area contributed by atoms with Crippen molar-refractivity contribution in [1.82, 2.24) is 9.97 Å². The summed E-state index contributed by atoms with van der Waals surface area (Å²) in [6.07, 6.45) is -3.35. The molecule has 1 aliphatic heterocycles. The summed E-state index contributed by atoms with van der Waals surface area (Å²) in [6.45, 7) is 7.86. The first kappa shape index (κ1) is 22.9. The second-order valence-corrected chi connectivity index (χ2v) is 10.7. The molecule has 2 heterocycles. The lowest BCUT2D eigenvalue weighted by atomic mass is 9.19. The van der Waals surface area contributed by atoms with Gasteiger partial charge in [-0.2, -0.15) is 13.2 Å². The number of alkyl halides is 3. The lowest BCUT2D eigenvalue weighted by Crippen LogP contribution is -2.76. The van der Waals surface area contributed by atoms with Gasteiger partial charge < -0.3 is 14.0 Å². The number of benzene rings is 1. The van der Waals surface area contributed by atoms with Gasteiger partial charge in [-0.3, -0.25) is 0 Å². The Bertz CT molecular complexity index is 1090. The zero-order valence-corrected chi connectivity index (χ0v) is 19.8. The molecule has 176 valence electrons. The first-order valence-electron chi connectivity index (χ1n) is 10.9. The van der Waals surface area contributed by atoms with Crippen molar-refractivity contribution in [3.05, 3.63) is 52.6 Å². The third kappa shape index (κ3) is 3.15. The molecule has 6 rings (SSSR count). The minimum atomic E-state index is -4.61. The summed E-state index contributed by atoms with van der Waals surface area (Å²) in [7, 11) is 1.01. The summed E-state index contributed by atoms with van der Waals surface area (Å²) in [4.78, 5) is 7.66. The monoisotopic (exact) mass is 480 g/mol. The zero-order chi connectivity index (χ0) is 24.0. The SMILES string of the molecule is COc1ccc(C23CC(c4cc(C(F)(F)F)nc(Cl)n4)(C2)C3B2OC(C)(C)C(C)(C)O2)cc1. The summed E-state index contributed by atoms with van der Waals surface area (Å²) in [5, 5.41) is -0.407. The van der Waals surface area contributed by atoms with Gasteiger partial charge in [0.1, 0.15) is 11.4 Å². The van der Waals surface area contributed by atoms with Crippen LogP contribution in [0.5, 0.6) is 5.75 Å². The molecule has 1 saturated heterocycles. The van der Waals surface area contributed by atoms with E-state index in [1.54, 1.807) is 7.11 Å². The van der Waals surface area contributed by atoms with Gasteiger partial charge in [-0.15, -0.1) is 0 Å². The van der Waals surface area contributed by atoms with E-state index in [1.165, 1.54) is 0 Å². The van der Waals surface area contributed by atoms with Crippen LogP contribution in [-0.4, -0.2) is 35.4 Å². The molecule has 5 nitrogen and oxygen atoms in total. The number of ether oxygens (including phenoxy) is 1. The second kappa shape index (κ2) is 6.86. The predicted molar refractivity (Wildman–Crippen MR) is 117 cm³/mol. The fourth-order valence-corrected chi connectivity index (χ4v) is 5.97. The topological polar surface area (TPSA) is 53.5 Å². The molecule has 4 fully saturated rings. The Morgan fingerprint density at radius 3 is 2.09 bits per heavy atom. The van der Waals surface area contributed by atoms with Gasteiger partial charge in [0, 0.05) is 11.2 Å². The highest BCUT2D eigenvalue weighted by atomic mass is 35.5. The van der Waals surface area contributed by atoms with Crippen molar-refractivity contribution in [3.8, 4) is 5.75 Å². The summed E-state index contributed by atoms with van der Waals surface area (Å²) in [6, 6.07) is 8.84. The molecule has 1 unspecified atom stereocenters. The van der Waals surface area contributed by atoms with E-state index in [0.717, 1.165) is 17.4 Å². The van der Waals surface area contributed by atoms with Gasteiger partial charge in [0.2, 0.25) is 5.28 Å². The summed E-state index contributed by atoms with van der Waals surface area (Å²) >= 11 is 5.94. The summed E-state index contributed by atoms with van der Waals surface area (Å²) in [5.74, 6) is 0.524. The molecule has 0 spiro atoms. The summed E-state index contributed by atoms with van der Waals surface area (Å²) in [5.41, 5.74) is -1.71. The van der Waals surface area contributed by atoms with E-state index in [-0.39, 0.29) is 11.2 Å². The van der Waals surface area contributed by atoms with Gasteiger partial charge in [-0.1, -0.05) is 12.1 Å². The maximum atomic E-state index is 13.5. The molecule has 2 aromatic rings. The highest BCUT2D eigenvalue weighted by molar-refractivity contribution is 6.49. The predicted octanol–water partition coefficient (Wildman–Crippen LogP) is 5.60. The van der Waals surface area contributed by atoms with Gasteiger partial charge in [0.05, 0.1) is 24.0 Å². The Balaban J connectivity index is 1.58. The van der Waals surface area contributed by atoms with Crippen LogP contribution in [-0.2, 0) is 26.3 Å². The van der Waals surface area contributed by atoms with E-state index < -0.39 is 40.9 Å². The average molecular weight is 481 g/mol. The van der Waals surface area contributed by atoms with Crippen LogP contribution in [0.25, 0.3) is 0 Å². The van der Waals surface area contributed by atoms with E-state index in [1.807, 2.05) is 52.0 Å². The van der Waals surface area contributed by atoms with Crippen molar-refractivity contribution < 1.29 is 27.2 Å². The highest BCUT2D eigenvalue weighted by Gasteiger charge is 2.82. The van der Waals surface area contributed by atoms with E-state index in [0.29, 0.717) is 18.5 Å². The van der Waals surface area contributed by atoms with Crippen molar-refractivity contribution in [2.75, 3.05) is 7.11 Å². The van der Waals surface area contributed by atoms with E-state index in [9.17, 15) is 13.2 Å². The van der Waals surface area contributed by atoms with Crippen molar-refractivity contribution in [3.63, 3.8) is 0 Å². The molecule has 1 aromatic carbocycles. The zero-order valence-electron chi connectivity index (χ0n) is 19.1. The molecule has 3 saturated carbocycles. The van der Waals surface area contributed by atoms with Crippen LogP contribution < -0.4 is 4.74 Å². The lowest BCUT2D eigenvalue weighted by Gasteiger charge is -2.76. The van der Waals surface area contributed by atoms with Crippen LogP contribution >= 0.6 is 11.6 Å². The number of halogens is 4. The van der Waals surface area contributed by atoms with E-state index in [4.69, 9.17) is 25.6 Å². The normalized spacial score (nSPS) is 31.7. The number of hydrogen-bond donors (Lipinski definition) is 0. The molecule has 3 aliphatic carbocycles. The van der Waals surface area contributed by atoms with Crippen LogP contribution in [0.15, 0.2) is 30.3 Å². The molecule has 0 radical (unpaired) electrons. The second-order valence-electron chi connectivity index (χ2n) is 10.4. The molecule has 2 bridgehead atoms. The number of methoxy groups -OCH3 is 1. The smallest absolute Gasteiger partial charge is 0.463 e. The Labute approximate surface area is 196 Å². The number of hydrogen-bond acceptors (Lipinski definition) is 5. The average Bonchev–Trinajstić information content (AvgIpc) is 2.85. The maximum absolute atomic E-state index is 13.5. The van der Waals surface area contributed by atoms with E-state index in [2.05, 4.69) is 9.97 Å². The minimum Gasteiger partial charge on any atom is -0.497 e. The molecular weight excluding hydrogens is 456 g/mol. The lowest BCUT2D eigenvalue weighted by molar-refractivity contribution is -0.141. The molecular formula is C23H25BClF3N2O3. The molecule has 4 aliphatic rings. The van der Waals surface area contributed by atoms with Crippen LogP contribution in [0.4, 0.5) is 13.2 Å². The standard InChI is InChI=1S/C23H25BClF3N2O3/c1-19(2)20(3,4)33-24(32-19)17-21(13-6-8-14(31-5)9-7-13)11-22(17,12-21)15-10-16(23(26,27)28)30-18(25)29-15/h6-10,17H,11-12H2,1-5H3. The van der Waals surface area contributed by atoms with Gasteiger partial charge in [0.15, 0.2) is 0 Å². The molecule has 1 atom stereocenters. The van der Waals surface area contributed by atoms with Crippen LogP contribution in [0.3, 0.4) is 0 Å². The van der Waals surface area contributed by atoms with Crippen LogP contribution in [0.1, 0.15) is 57.5 Å². The fraction of sp³-hybridized carbons (Fsp3) is 0.565. The Kier molecular flexibility index (Phi) is 4.77. The van der Waals surface area contributed by atoms with Gasteiger partial charge in [-0.25, -0.2) is 9.97 Å². The molecule has 1 aromatic heterocycles. The first-order valence-corrected chi connectivity index (χ1v) is 11.2. The number of nitrogens with zero attached hydrogens (tertiary/aromatic N) is 2. The Hall–Kier alpha value is -1.84. The first-order chi connectivity index (χ1) is 15.2. The largest absolute Gasteiger partial charge is 0.497 e. The Morgan fingerprint density at radius 2 is 1.58 bits per heavy atom. The van der Waals surface area contributed by atoms with Crippen molar-refractivity contribution in [1.29, 1.82) is 0 Å². The number of rotatable bonds is 4. The van der Waals surface area contributed by atoms with E-state index >= 15 is 0 Å². The van der Waals surface area contributed by atoms with Crippen molar-refractivity contribution >= 4 is 18.7 Å². The molecule has 10 heteroatoms. The van der Waals surface area contributed by atoms with Crippen molar-refractivity contribution in [2.45, 2.75) is 74.6 Å². The molecule has 0 amide bonds. The van der Waals surface area contributed by atoms with Crippen molar-refractivity contribution in [2.24, 2.45) is 0 Å². The highest BCUT2D eigenvalue weighted by Crippen LogP contribution is 2.82. The third-order valence-electron chi connectivity index (χ3n) is 8.16. The maximum Gasteiger partial charge on any atom is 0.463 e. The fourth-order valence-electron chi connectivity index (χ4n) is 5.79. The van der Waals surface area contributed by atoms with Crippen LogP contribution in [0, 0.1) is 0 Å². The summed E-state index contributed by atoms with van der Waals surface area (Å²) < 4.78 is 58.5. The van der Waals surface area contributed by atoms with Crippen LogP contribution in [0.2, 0.25) is 11.1 Å². The minimum absolute atomic E-state index is 0.216. The van der Waals surface area contributed by atoms with Gasteiger partial charge >= 0.3 is 13.3 Å².